The third-order valence-electron chi connectivity index (χ3n) is 18.5. The van der Waals surface area contributed by atoms with Crippen molar-refractivity contribution in [2.45, 2.75) is 408 Å². The van der Waals surface area contributed by atoms with Gasteiger partial charge in [0, 0.05) is 25.7 Å². The molecule has 0 aromatic heterocycles. The van der Waals surface area contributed by atoms with Crippen LogP contribution < -0.4 is 0 Å². The van der Waals surface area contributed by atoms with Gasteiger partial charge in [-0.25, -0.2) is 9.13 Å². The van der Waals surface area contributed by atoms with Crippen LogP contribution in [0.4, 0.5) is 0 Å². The number of rotatable bonds is 74. The summed E-state index contributed by atoms with van der Waals surface area (Å²) in [7, 11) is -9.91. The number of hydrogen-bond donors (Lipinski definition) is 3. The van der Waals surface area contributed by atoms with E-state index in [1.807, 2.05) is 0 Å². The number of unbranched alkanes of at least 4 members (excludes halogenated alkanes) is 38. The largest absolute Gasteiger partial charge is 0.472 e. The molecule has 0 saturated carbocycles. The Morgan fingerprint density at radius 3 is 0.740 bits per heavy atom. The van der Waals surface area contributed by atoms with Crippen molar-refractivity contribution in [1.82, 2.24) is 0 Å². The lowest BCUT2D eigenvalue weighted by molar-refractivity contribution is -0.161. The normalized spacial score (nSPS) is 14.7. The van der Waals surface area contributed by atoms with E-state index >= 15 is 0 Å². The fourth-order valence-electron chi connectivity index (χ4n) is 11.7. The topological polar surface area (TPSA) is 237 Å². The standard InChI is InChI=1S/C77H150O17P2/c1-9-69(7)55-47-39-31-24-20-16-12-14-18-22-26-33-43-51-59-76(81)93-72(63-87-74(79)57-49-41-32-25-21-17-13-11-15-19-23-29-37-45-53-67(3)4)65-91-95(83,84)89-61-71(78)62-90-96(85,86)92-66-73(64-88-75(80)58-50-42-36-35-40-48-56-70(8)10-2)94-77(82)60-52-44-34-28-27-30-38-46-54-68(5)6/h67-73,78H,9-66H2,1-8H3,(H,83,84)(H,85,86)/t69?,70?,71-,72-,73-/m1/s1. The minimum Gasteiger partial charge on any atom is -0.462 e. The number of phosphoric ester groups is 2. The summed E-state index contributed by atoms with van der Waals surface area (Å²) in [6.45, 7) is 14.2. The number of carbonyl (C=O) groups excluding carboxylic acids is 4. The van der Waals surface area contributed by atoms with Gasteiger partial charge < -0.3 is 33.8 Å². The predicted octanol–water partition coefficient (Wildman–Crippen LogP) is 22.4. The molecule has 0 rings (SSSR count). The molecule has 4 unspecified atom stereocenters. The predicted molar refractivity (Wildman–Crippen MR) is 391 cm³/mol. The Morgan fingerprint density at radius 2 is 0.500 bits per heavy atom. The summed E-state index contributed by atoms with van der Waals surface area (Å²) in [6, 6.07) is 0. The van der Waals surface area contributed by atoms with Gasteiger partial charge in [0.05, 0.1) is 26.4 Å². The minimum atomic E-state index is -4.96. The van der Waals surface area contributed by atoms with E-state index in [9.17, 15) is 43.2 Å². The average Bonchev–Trinajstić information content (AvgIpc) is 1.79. The first-order valence-corrected chi connectivity index (χ1v) is 42.8. The average molecular weight is 1410 g/mol. The molecule has 0 aliphatic carbocycles. The number of ether oxygens (including phenoxy) is 4. The first kappa shape index (κ1) is 94.1. The molecular formula is C77H150O17P2. The first-order valence-electron chi connectivity index (χ1n) is 39.8. The van der Waals surface area contributed by atoms with E-state index in [1.54, 1.807) is 0 Å². The second-order valence-electron chi connectivity index (χ2n) is 29.2. The van der Waals surface area contributed by atoms with E-state index in [1.165, 1.54) is 186 Å². The van der Waals surface area contributed by atoms with Gasteiger partial charge in [0.25, 0.3) is 0 Å². The van der Waals surface area contributed by atoms with Gasteiger partial charge in [-0.3, -0.25) is 37.3 Å². The van der Waals surface area contributed by atoms with Crippen molar-refractivity contribution in [2.24, 2.45) is 23.7 Å². The van der Waals surface area contributed by atoms with Crippen molar-refractivity contribution in [3.63, 3.8) is 0 Å². The number of carbonyl (C=O) groups is 4. The lowest BCUT2D eigenvalue weighted by Gasteiger charge is -2.21. The zero-order valence-electron chi connectivity index (χ0n) is 63.0. The van der Waals surface area contributed by atoms with Crippen LogP contribution in [0.25, 0.3) is 0 Å². The molecule has 3 N–H and O–H groups in total. The van der Waals surface area contributed by atoms with Gasteiger partial charge >= 0.3 is 39.5 Å². The Morgan fingerprint density at radius 1 is 0.292 bits per heavy atom. The Bertz CT molecular complexity index is 1890. The van der Waals surface area contributed by atoms with Crippen LogP contribution in [0, 0.1) is 23.7 Å². The van der Waals surface area contributed by atoms with Crippen LogP contribution in [0.2, 0.25) is 0 Å². The highest BCUT2D eigenvalue weighted by Gasteiger charge is 2.30. The highest BCUT2D eigenvalue weighted by atomic mass is 31.2. The van der Waals surface area contributed by atoms with Crippen molar-refractivity contribution in [1.29, 1.82) is 0 Å². The molecule has 0 spiro atoms. The quantitative estimate of drug-likeness (QED) is 0.0222. The second kappa shape index (κ2) is 66.3. The Labute approximate surface area is 588 Å². The Hall–Kier alpha value is -1.94. The number of phosphoric acid groups is 2. The number of hydrogen-bond acceptors (Lipinski definition) is 15. The summed E-state index contributed by atoms with van der Waals surface area (Å²) in [4.78, 5) is 72.8. The van der Waals surface area contributed by atoms with Gasteiger partial charge in [0.15, 0.2) is 12.2 Å². The van der Waals surface area contributed by atoms with Crippen molar-refractivity contribution in [3.05, 3.63) is 0 Å². The number of aliphatic hydroxyl groups is 1. The van der Waals surface area contributed by atoms with Crippen LogP contribution in [0.3, 0.4) is 0 Å². The van der Waals surface area contributed by atoms with Crippen LogP contribution in [-0.2, 0) is 65.4 Å². The zero-order chi connectivity index (χ0) is 71.0. The molecule has 0 aromatic carbocycles. The molecule has 0 aliphatic rings. The molecule has 17 nitrogen and oxygen atoms in total. The summed E-state index contributed by atoms with van der Waals surface area (Å²) in [5, 5.41) is 10.6. The van der Waals surface area contributed by atoms with Gasteiger partial charge in [-0.1, -0.05) is 338 Å². The Balaban J connectivity index is 5.24. The summed E-state index contributed by atoms with van der Waals surface area (Å²) < 4.78 is 68.5. The van der Waals surface area contributed by atoms with Crippen molar-refractivity contribution in [2.75, 3.05) is 39.6 Å². The minimum absolute atomic E-state index is 0.103. The molecule has 0 heterocycles. The third kappa shape index (κ3) is 67.9. The highest BCUT2D eigenvalue weighted by Crippen LogP contribution is 2.45. The van der Waals surface area contributed by atoms with Crippen LogP contribution >= 0.6 is 15.6 Å². The summed E-state index contributed by atoms with van der Waals surface area (Å²) in [5.41, 5.74) is 0. The molecule has 570 valence electrons. The maximum atomic E-state index is 13.1. The molecule has 19 heteroatoms. The number of aliphatic hydroxyl groups excluding tert-OH is 1. The molecule has 0 saturated heterocycles. The summed E-state index contributed by atoms with van der Waals surface area (Å²) >= 11 is 0. The lowest BCUT2D eigenvalue weighted by Crippen LogP contribution is -2.30. The summed E-state index contributed by atoms with van der Waals surface area (Å²) in [5.74, 6) is 0.972. The van der Waals surface area contributed by atoms with E-state index in [0.29, 0.717) is 25.7 Å². The van der Waals surface area contributed by atoms with Crippen LogP contribution in [0.5, 0.6) is 0 Å². The highest BCUT2D eigenvalue weighted by molar-refractivity contribution is 7.47. The van der Waals surface area contributed by atoms with Crippen molar-refractivity contribution < 1.29 is 80.2 Å². The van der Waals surface area contributed by atoms with E-state index in [2.05, 4.69) is 55.4 Å². The first-order chi connectivity index (χ1) is 46.2. The lowest BCUT2D eigenvalue weighted by atomic mass is 9.99. The Kier molecular flexibility index (Phi) is 65.0. The fourth-order valence-corrected chi connectivity index (χ4v) is 13.2. The third-order valence-corrected chi connectivity index (χ3v) is 20.4. The van der Waals surface area contributed by atoms with Crippen LogP contribution in [-0.4, -0.2) is 96.7 Å². The van der Waals surface area contributed by atoms with E-state index in [4.69, 9.17) is 37.0 Å². The van der Waals surface area contributed by atoms with E-state index < -0.39 is 97.5 Å². The van der Waals surface area contributed by atoms with E-state index in [0.717, 1.165) is 120 Å². The zero-order valence-corrected chi connectivity index (χ0v) is 64.8. The number of esters is 4. The van der Waals surface area contributed by atoms with Gasteiger partial charge in [0.2, 0.25) is 0 Å². The van der Waals surface area contributed by atoms with Gasteiger partial charge in [-0.2, -0.15) is 0 Å². The van der Waals surface area contributed by atoms with Gasteiger partial charge in [-0.15, -0.1) is 0 Å². The molecule has 0 aromatic rings. The molecule has 0 radical (unpaired) electrons. The molecule has 0 bridgehead atoms. The molecule has 0 aliphatic heterocycles. The smallest absolute Gasteiger partial charge is 0.462 e. The monoisotopic (exact) mass is 1410 g/mol. The van der Waals surface area contributed by atoms with Crippen LogP contribution in [0.1, 0.15) is 389 Å². The van der Waals surface area contributed by atoms with Gasteiger partial charge in [-0.05, 0) is 49.4 Å². The summed E-state index contributed by atoms with van der Waals surface area (Å²) in [6.07, 6.45) is 51.4. The molecule has 96 heavy (non-hydrogen) atoms. The second-order valence-corrected chi connectivity index (χ2v) is 32.1. The fraction of sp³-hybridized carbons (Fsp3) is 0.948. The molecule has 7 atom stereocenters. The molecular weight excluding hydrogens is 1260 g/mol. The molecule has 0 fully saturated rings. The van der Waals surface area contributed by atoms with Crippen molar-refractivity contribution in [3.8, 4) is 0 Å². The van der Waals surface area contributed by atoms with Crippen molar-refractivity contribution >= 4 is 39.5 Å². The van der Waals surface area contributed by atoms with E-state index in [-0.39, 0.29) is 25.7 Å². The van der Waals surface area contributed by atoms with Gasteiger partial charge in [0.1, 0.15) is 19.3 Å². The maximum Gasteiger partial charge on any atom is 0.472 e. The van der Waals surface area contributed by atoms with Crippen LogP contribution in [0.15, 0.2) is 0 Å². The maximum absolute atomic E-state index is 13.1. The SMILES string of the molecule is CCC(C)CCCCCCCCCCCCCCCCC(=O)O[C@H](COC(=O)CCCCCCCCCCCCCCCCC(C)C)COP(=O)(O)OC[C@@H](O)COP(=O)(O)OC[C@@H](COC(=O)CCCCCCCCC(C)CC)OC(=O)CCCCCCCCCCC(C)C. The molecule has 0 amide bonds.